The molecule has 1 aliphatic carbocycles. The molecule has 147 valence electrons. The predicted molar refractivity (Wildman–Crippen MR) is 103 cm³/mol. The predicted octanol–water partition coefficient (Wildman–Crippen LogP) is 2.51. The van der Waals surface area contributed by atoms with Crippen LogP contribution in [0.1, 0.15) is 55.7 Å². The first kappa shape index (κ1) is 20.3. The Bertz CT molecular complexity index is 667. The lowest BCUT2D eigenvalue weighted by molar-refractivity contribution is -0.147. The number of benzene rings is 1. The first-order valence-corrected chi connectivity index (χ1v) is 9.96. The highest BCUT2D eigenvalue weighted by Crippen LogP contribution is 2.40. The molecule has 1 aromatic carbocycles. The number of piperidine rings is 1. The van der Waals surface area contributed by atoms with Gasteiger partial charge in [-0.05, 0) is 74.4 Å². The van der Waals surface area contributed by atoms with Gasteiger partial charge in [0.25, 0.3) is 7.48 Å². The molecule has 2 unspecified atom stereocenters. The fraction of sp³-hybridized carbons (Fsp3) is 0.650. The third kappa shape index (κ3) is 4.36. The van der Waals surface area contributed by atoms with Crippen LogP contribution in [0, 0.1) is 11.7 Å². The molecule has 4 N–H and O–H groups in total. The highest BCUT2D eigenvalue weighted by Gasteiger charge is 2.44. The molecular formula is C20H29BFN2O3. The van der Waals surface area contributed by atoms with E-state index in [4.69, 9.17) is 10.8 Å². The molecule has 0 bridgehead atoms. The van der Waals surface area contributed by atoms with Crippen LogP contribution in [0.4, 0.5) is 4.39 Å². The van der Waals surface area contributed by atoms with Crippen molar-refractivity contribution in [3.05, 3.63) is 35.1 Å². The minimum absolute atomic E-state index is 0.0576. The molecule has 1 radical (unpaired) electrons. The zero-order valence-corrected chi connectivity index (χ0v) is 15.7. The molecule has 0 amide bonds. The topological polar surface area (TPSA) is 86.8 Å². The molecule has 2 atom stereocenters. The average molecular weight is 375 g/mol. The maximum atomic E-state index is 13.7. The van der Waals surface area contributed by atoms with E-state index < -0.39 is 11.5 Å². The second kappa shape index (κ2) is 8.71. The third-order valence-electron chi connectivity index (χ3n) is 6.42. The van der Waals surface area contributed by atoms with Gasteiger partial charge in [-0.15, -0.1) is 0 Å². The zero-order chi connectivity index (χ0) is 19.4. The normalized spacial score (nSPS) is 23.0. The number of halogens is 1. The van der Waals surface area contributed by atoms with Gasteiger partial charge in [0.15, 0.2) is 0 Å². The van der Waals surface area contributed by atoms with E-state index in [1.165, 1.54) is 11.6 Å². The number of fused-ring (bicyclic) bond motifs is 1. The van der Waals surface area contributed by atoms with Crippen LogP contribution < -0.4 is 5.73 Å². The summed E-state index contributed by atoms with van der Waals surface area (Å²) in [6.45, 7) is 1.59. The van der Waals surface area contributed by atoms with Crippen molar-refractivity contribution in [3.63, 3.8) is 0 Å². The van der Waals surface area contributed by atoms with Crippen LogP contribution in [0.25, 0.3) is 0 Å². The van der Waals surface area contributed by atoms with Gasteiger partial charge in [0.1, 0.15) is 11.4 Å². The highest BCUT2D eigenvalue weighted by atomic mass is 19.1. The second-order valence-electron chi connectivity index (χ2n) is 7.98. The van der Waals surface area contributed by atoms with Crippen molar-refractivity contribution >= 4 is 13.5 Å². The summed E-state index contributed by atoms with van der Waals surface area (Å²) < 4.78 is 13.7. The summed E-state index contributed by atoms with van der Waals surface area (Å²) in [5.41, 5.74) is 7.46. The van der Waals surface area contributed by atoms with Crippen molar-refractivity contribution in [1.82, 2.24) is 4.90 Å². The Morgan fingerprint density at radius 1 is 1.30 bits per heavy atom. The monoisotopic (exact) mass is 375 g/mol. The number of nitrogens with zero attached hydrogens (tertiary/aromatic N) is 1. The summed E-state index contributed by atoms with van der Waals surface area (Å²) in [5.74, 6) is -1.18. The summed E-state index contributed by atoms with van der Waals surface area (Å²) in [6.07, 6.45) is 5.88. The van der Waals surface area contributed by atoms with Gasteiger partial charge >= 0.3 is 5.97 Å². The van der Waals surface area contributed by atoms with Crippen LogP contribution in [-0.2, 0) is 11.2 Å². The number of unbranched alkanes of at least 4 members (excludes halogenated alkanes) is 1. The van der Waals surface area contributed by atoms with Crippen molar-refractivity contribution in [1.29, 1.82) is 0 Å². The van der Waals surface area contributed by atoms with Crippen molar-refractivity contribution in [3.8, 4) is 0 Å². The van der Waals surface area contributed by atoms with Crippen LogP contribution in [0.15, 0.2) is 18.2 Å². The summed E-state index contributed by atoms with van der Waals surface area (Å²) in [7, 11) is 1.11. The standard InChI is InChI=1S/C20H29BFN2O3/c22-16-5-3-14-4-6-18(17(14)13-16)24-11-7-15(8-12-24)20(23,19(25)26)9-1-2-10-21-27/h3,5,13,15,18,27H,1-2,4,6-12,23H2,(H,25,26). The number of nitrogens with two attached hydrogens (primary N) is 1. The van der Waals surface area contributed by atoms with Crippen LogP contribution in [0.3, 0.4) is 0 Å². The van der Waals surface area contributed by atoms with Gasteiger partial charge in [-0.25, -0.2) is 4.39 Å². The van der Waals surface area contributed by atoms with E-state index in [-0.39, 0.29) is 17.8 Å². The van der Waals surface area contributed by atoms with E-state index in [0.29, 0.717) is 19.2 Å². The lowest BCUT2D eigenvalue weighted by Gasteiger charge is -2.42. The molecule has 0 saturated carbocycles. The number of likely N-dealkylation sites (tertiary alicyclic amines) is 1. The Morgan fingerprint density at radius 3 is 2.70 bits per heavy atom. The number of hydrogen-bond acceptors (Lipinski definition) is 4. The van der Waals surface area contributed by atoms with Gasteiger partial charge in [0, 0.05) is 6.04 Å². The maximum Gasteiger partial charge on any atom is 0.323 e. The minimum atomic E-state index is -1.21. The number of carboxylic acids is 1. The Balaban J connectivity index is 1.61. The molecule has 1 fully saturated rings. The number of hydrogen-bond donors (Lipinski definition) is 3. The Kier molecular flexibility index (Phi) is 6.55. The number of carboxylic acid groups (broad SMARTS) is 1. The molecule has 2 aliphatic rings. The number of carbonyl (C=O) groups is 1. The molecule has 1 aromatic rings. The van der Waals surface area contributed by atoms with E-state index in [0.717, 1.165) is 58.2 Å². The number of rotatable bonds is 8. The Morgan fingerprint density at radius 2 is 2.04 bits per heavy atom. The molecule has 5 nitrogen and oxygen atoms in total. The molecular weight excluding hydrogens is 346 g/mol. The fourth-order valence-electron chi connectivity index (χ4n) is 4.80. The Labute approximate surface area is 161 Å². The number of aryl methyl sites for hydroxylation is 1. The van der Waals surface area contributed by atoms with Crippen molar-refractivity contribution < 1.29 is 19.3 Å². The van der Waals surface area contributed by atoms with Crippen LogP contribution in [0.2, 0.25) is 6.32 Å². The van der Waals surface area contributed by atoms with Crippen molar-refractivity contribution in [2.45, 2.75) is 62.8 Å². The molecule has 3 rings (SSSR count). The third-order valence-corrected chi connectivity index (χ3v) is 6.42. The molecule has 7 heteroatoms. The van der Waals surface area contributed by atoms with Gasteiger partial charge in [-0.2, -0.15) is 0 Å². The van der Waals surface area contributed by atoms with E-state index in [9.17, 15) is 14.3 Å². The summed E-state index contributed by atoms with van der Waals surface area (Å²) in [5, 5.41) is 18.5. The van der Waals surface area contributed by atoms with Crippen LogP contribution in [-0.4, -0.2) is 47.1 Å². The van der Waals surface area contributed by atoms with E-state index in [1.54, 1.807) is 6.07 Å². The van der Waals surface area contributed by atoms with E-state index in [1.807, 2.05) is 6.07 Å². The fourth-order valence-corrected chi connectivity index (χ4v) is 4.80. The number of aliphatic carboxylic acids is 1. The molecule has 0 spiro atoms. The van der Waals surface area contributed by atoms with E-state index in [2.05, 4.69) is 4.90 Å². The molecule has 1 heterocycles. The second-order valence-corrected chi connectivity index (χ2v) is 7.98. The van der Waals surface area contributed by atoms with Gasteiger partial charge in [0.05, 0.1) is 0 Å². The van der Waals surface area contributed by atoms with Gasteiger partial charge in [-0.3, -0.25) is 9.69 Å². The first-order chi connectivity index (χ1) is 13.0. The zero-order valence-electron chi connectivity index (χ0n) is 15.7. The van der Waals surface area contributed by atoms with Gasteiger partial charge in [0.2, 0.25) is 0 Å². The SMILES string of the molecule is NC(CCCC[B]O)(C(=O)O)C1CCN(C2CCc3ccc(F)cc32)CC1. The minimum Gasteiger partial charge on any atom is -0.480 e. The van der Waals surface area contributed by atoms with Crippen LogP contribution in [0.5, 0.6) is 0 Å². The molecule has 27 heavy (non-hydrogen) atoms. The first-order valence-electron chi connectivity index (χ1n) is 9.96. The summed E-state index contributed by atoms with van der Waals surface area (Å²) >= 11 is 0. The van der Waals surface area contributed by atoms with Crippen molar-refractivity contribution in [2.75, 3.05) is 13.1 Å². The van der Waals surface area contributed by atoms with Gasteiger partial charge in [-0.1, -0.05) is 25.2 Å². The lowest BCUT2D eigenvalue weighted by atomic mass is 9.74. The average Bonchev–Trinajstić information content (AvgIpc) is 3.08. The van der Waals surface area contributed by atoms with E-state index >= 15 is 0 Å². The summed E-state index contributed by atoms with van der Waals surface area (Å²) in [4.78, 5) is 14.3. The highest BCUT2D eigenvalue weighted by molar-refractivity contribution is 6.25. The largest absolute Gasteiger partial charge is 0.480 e. The molecule has 0 aromatic heterocycles. The van der Waals surface area contributed by atoms with Gasteiger partial charge < -0.3 is 15.9 Å². The van der Waals surface area contributed by atoms with Crippen LogP contribution >= 0.6 is 0 Å². The molecule has 1 saturated heterocycles. The molecule has 1 aliphatic heterocycles. The quantitative estimate of drug-likeness (QED) is 0.480. The lowest BCUT2D eigenvalue weighted by Crippen LogP contribution is -2.57. The van der Waals surface area contributed by atoms with Crippen molar-refractivity contribution in [2.24, 2.45) is 11.7 Å². The summed E-state index contributed by atoms with van der Waals surface area (Å²) in [6, 6.07) is 5.30. The maximum absolute atomic E-state index is 13.7. The Hall–Kier alpha value is -1.44. The smallest absolute Gasteiger partial charge is 0.323 e.